The summed E-state index contributed by atoms with van der Waals surface area (Å²) in [5.74, 6) is 0.619. The molecule has 0 aliphatic carbocycles. The lowest BCUT2D eigenvalue weighted by molar-refractivity contribution is -0.228. The third-order valence-corrected chi connectivity index (χ3v) is 1.62. The Morgan fingerprint density at radius 2 is 1.54 bits per heavy atom. The minimum absolute atomic E-state index is 0.175. The minimum Gasteiger partial charge on any atom is -0.368 e. The first-order chi connectivity index (χ1) is 5.91. The van der Waals surface area contributed by atoms with Crippen molar-refractivity contribution in [3.63, 3.8) is 0 Å². The van der Waals surface area contributed by atoms with E-state index >= 15 is 0 Å². The van der Waals surface area contributed by atoms with Crippen LogP contribution in [0.15, 0.2) is 0 Å². The zero-order valence-corrected chi connectivity index (χ0v) is 9.28. The smallest absolute Gasteiger partial charge is 0.158 e. The van der Waals surface area contributed by atoms with Crippen molar-refractivity contribution in [2.24, 2.45) is 5.92 Å². The van der Waals surface area contributed by atoms with Crippen LogP contribution in [0.25, 0.3) is 0 Å². The predicted molar refractivity (Wildman–Crippen MR) is 52.2 cm³/mol. The Morgan fingerprint density at radius 3 is 1.92 bits per heavy atom. The van der Waals surface area contributed by atoms with Crippen molar-refractivity contribution in [1.82, 2.24) is 0 Å². The van der Waals surface area contributed by atoms with Crippen LogP contribution in [0.3, 0.4) is 0 Å². The largest absolute Gasteiger partial charge is 0.368 e. The van der Waals surface area contributed by atoms with Crippen molar-refractivity contribution in [3.8, 4) is 0 Å². The monoisotopic (exact) mass is 190 g/mol. The number of ether oxygens (including phenoxy) is 2. The molecule has 3 atom stereocenters. The summed E-state index contributed by atoms with van der Waals surface area (Å²) >= 11 is 0. The van der Waals surface area contributed by atoms with Crippen LogP contribution in [0.4, 0.5) is 0 Å². The molecule has 0 bridgehead atoms. The SMILES string of the molecule is CC(C)CC(C)OC(C)OC(C)O. The molecule has 0 aromatic heterocycles. The molecule has 0 amide bonds. The molecule has 0 aliphatic heterocycles. The first-order valence-corrected chi connectivity index (χ1v) is 4.90. The standard InChI is InChI=1S/C10H22O3/c1-7(2)6-8(3)12-10(5)13-9(4)11/h7-11H,6H2,1-5H3. The Morgan fingerprint density at radius 1 is 1.00 bits per heavy atom. The lowest BCUT2D eigenvalue weighted by atomic mass is 10.1. The van der Waals surface area contributed by atoms with Gasteiger partial charge in [0.05, 0.1) is 6.10 Å². The Kier molecular flexibility index (Phi) is 6.29. The van der Waals surface area contributed by atoms with Crippen LogP contribution >= 0.6 is 0 Å². The van der Waals surface area contributed by atoms with Crippen molar-refractivity contribution in [2.45, 2.75) is 59.7 Å². The summed E-state index contributed by atoms with van der Waals surface area (Å²) < 4.78 is 10.5. The van der Waals surface area contributed by atoms with E-state index in [9.17, 15) is 0 Å². The van der Waals surface area contributed by atoms with Gasteiger partial charge in [0.15, 0.2) is 12.6 Å². The second kappa shape index (κ2) is 6.35. The molecule has 3 unspecified atom stereocenters. The van der Waals surface area contributed by atoms with E-state index in [0.717, 1.165) is 6.42 Å². The highest BCUT2D eigenvalue weighted by atomic mass is 16.7. The van der Waals surface area contributed by atoms with Gasteiger partial charge in [-0.2, -0.15) is 0 Å². The van der Waals surface area contributed by atoms with E-state index in [-0.39, 0.29) is 12.4 Å². The van der Waals surface area contributed by atoms with Crippen molar-refractivity contribution in [3.05, 3.63) is 0 Å². The summed E-state index contributed by atoms with van der Waals surface area (Å²) in [6.45, 7) is 9.69. The molecular formula is C10H22O3. The van der Waals surface area contributed by atoms with Crippen LogP contribution in [0, 0.1) is 5.92 Å². The minimum atomic E-state index is -0.763. The summed E-state index contributed by atoms with van der Waals surface area (Å²) in [7, 11) is 0. The van der Waals surface area contributed by atoms with Crippen molar-refractivity contribution in [2.75, 3.05) is 0 Å². The molecule has 0 aromatic rings. The molecule has 0 heterocycles. The second-order valence-electron chi connectivity index (χ2n) is 3.88. The average Bonchev–Trinajstić information content (AvgIpc) is 1.80. The topological polar surface area (TPSA) is 38.7 Å². The quantitative estimate of drug-likeness (QED) is 0.652. The maximum absolute atomic E-state index is 8.92. The summed E-state index contributed by atoms with van der Waals surface area (Å²) in [4.78, 5) is 0. The first-order valence-electron chi connectivity index (χ1n) is 4.90. The second-order valence-corrected chi connectivity index (χ2v) is 3.88. The summed E-state index contributed by atoms with van der Waals surface area (Å²) in [5, 5.41) is 8.92. The lowest BCUT2D eigenvalue weighted by Crippen LogP contribution is -2.24. The molecular weight excluding hydrogens is 168 g/mol. The van der Waals surface area contributed by atoms with Gasteiger partial charge in [-0.15, -0.1) is 0 Å². The molecule has 0 rings (SSSR count). The van der Waals surface area contributed by atoms with Gasteiger partial charge in [0.2, 0.25) is 0 Å². The maximum atomic E-state index is 8.92. The van der Waals surface area contributed by atoms with Crippen LogP contribution in [0.1, 0.15) is 41.0 Å². The van der Waals surface area contributed by atoms with Crippen LogP contribution < -0.4 is 0 Å². The predicted octanol–water partition coefficient (Wildman–Crippen LogP) is 2.14. The zero-order chi connectivity index (χ0) is 10.4. The number of hydrogen-bond acceptors (Lipinski definition) is 3. The number of aliphatic hydroxyl groups is 1. The Labute approximate surface area is 81.0 Å². The fraction of sp³-hybridized carbons (Fsp3) is 1.00. The highest BCUT2D eigenvalue weighted by Gasteiger charge is 2.11. The van der Waals surface area contributed by atoms with E-state index < -0.39 is 6.29 Å². The third-order valence-electron chi connectivity index (χ3n) is 1.62. The van der Waals surface area contributed by atoms with E-state index in [4.69, 9.17) is 14.6 Å². The number of aliphatic hydroxyl groups excluding tert-OH is 1. The average molecular weight is 190 g/mol. The van der Waals surface area contributed by atoms with E-state index in [2.05, 4.69) is 13.8 Å². The summed E-state index contributed by atoms with van der Waals surface area (Å²) in [6.07, 6.45) is 0.0804. The highest BCUT2D eigenvalue weighted by molar-refractivity contribution is 4.54. The van der Waals surface area contributed by atoms with Crippen LogP contribution in [-0.2, 0) is 9.47 Å². The summed E-state index contributed by atoms with van der Waals surface area (Å²) in [5.41, 5.74) is 0. The van der Waals surface area contributed by atoms with Gasteiger partial charge in [-0.1, -0.05) is 13.8 Å². The molecule has 1 N–H and O–H groups in total. The molecule has 0 saturated carbocycles. The van der Waals surface area contributed by atoms with Crippen LogP contribution in [0.2, 0.25) is 0 Å². The zero-order valence-electron chi connectivity index (χ0n) is 9.28. The molecule has 0 fully saturated rings. The van der Waals surface area contributed by atoms with Gasteiger partial charge in [0, 0.05) is 0 Å². The molecule has 0 saturated heterocycles. The van der Waals surface area contributed by atoms with E-state index in [0.29, 0.717) is 5.92 Å². The Bertz CT molecular complexity index is 109. The van der Waals surface area contributed by atoms with Crippen LogP contribution in [0.5, 0.6) is 0 Å². The van der Waals surface area contributed by atoms with E-state index in [1.54, 1.807) is 13.8 Å². The Balaban J connectivity index is 3.58. The molecule has 0 aliphatic rings. The third kappa shape index (κ3) is 8.22. The fourth-order valence-electron chi connectivity index (χ4n) is 1.36. The molecule has 0 aromatic carbocycles. The van der Waals surface area contributed by atoms with Gasteiger partial charge < -0.3 is 14.6 Å². The van der Waals surface area contributed by atoms with Gasteiger partial charge in [-0.05, 0) is 33.1 Å². The fourth-order valence-corrected chi connectivity index (χ4v) is 1.36. The molecule has 3 heteroatoms. The Hall–Kier alpha value is -0.120. The highest BCUT2D eigenvalue weighted by Crippen LogP contribution is 2.10. The number of hydrogen-bond donors (Lipinski definition) is 1. The maximum Gasteiger partial charge on any atom is 0.158 e. The molecule has 80 valence electrons. The van der Waals surface area contributed by atoms with Gasteiger partial charge in [0.25, 0.3) is 0 Å². The van der Waals surface area contributed by atoms with E-state index in [1.807, 2.05) is 6.92 Å². The van der Waals surface area contributed by atoms with Gasteiger partial charge >= 0.3 is 0 Å². The van der Waals surface area contributed by atoms with Gasteiger partial charge in [0.1, 0.15) is 0 Å². The number of rotatable bonds is 6. The van der Waals surface area contributed by atoms with Crippen molar-refractivity contribution >= 4 is 0 Å². The first kappa shape index (κ1) is 12.9. The van der Waals surface area contributed by atoms with Gasteiger partial charge in [-0.3, -0.25) is 0 Å². The molecule has 13 heavy (non-hydrogen) atoms. The van der Waals surface area contributed by atoms with Crippen molar-refractivity contribution in [1.29, 1.82) is 0 Å². The van der Waals surface area contributed by atoms with Crippen LogP contribution in [-0.4, -0.2) is 23.8 Å². The lowest BCUT2D eigenvalue weighted by Gasteiger charge is -2.21. The normalized spacial score (nSPS) is 18.7. The van der Waals surface area contributed by atoms with Gasteiger partial charge in [-0.25, -0.2) is 0 Å². The molecule has 0 radical (unpaired) electrons. The van der Waals surface area contributed by atoms with Crippen molar-refractivity contribution < 1.29 is 14.6 Å². The summed E-state index contributed by atoms with van der Waals surface area (Å²) in [6, 6.07) is 0. The van der Waals surface area contributed by atoms with E-state index in [1.165, 1.54) is 0 Å². The molecule has 3 nitrogen and oxygen atoms in total. The molecule has 0 spiro atoms.